The maximum absolute atomic E-state index is 13.0. The number of pyridine rings is 2. The summed E-state index contributed by atoms with van der Waals surface area (Å²) in [4.78, 5) is 26.9. The first-order valence-corrected chi connectivity index (χ1v) is 15.1. The fraction of sp³-hybridized carbons (Fsp3) is 0.538. The first-order valence-electron chi connectivity index (χ1n) is 13.2. The number of piperidine rings is 1. The summed E-state index contributed by atoms with van der Waals surface area (Å²) >= 11 is 0. The molecule has 12 nitrogen and oxygen atoms in total. The smallest absolute Gasteiger partial charge is 0.283 e. The maximum Gasteiger partial charge on any atom is 0.283 e. The number of morpholine rings is 1. The van der Waals surface area contributed by atoms with Gasteiger partial charge in [0, 0.05) is 33.3 Å². The van der Waals surface area contributed by atoms with E-state index in [1.165, 1.54) is 0 Å². The molecule has 0 atom stereocenters. The Morgan fingerprint density at radius 2 is 1.77 bits per heavy atom. The van der Waals surface area contributed by atoms with E-state index in [0.717, 1.165) is 67.9 Å². The van der Waals surface area contributed by atoms with Crippen molar-refractivity contribution in [1.29, 1.82) is 0 Å². The highest BCUT2D eigenvalue weighted by Gasteiger charge is 2.28. The molecule has 5 rings (SSSR count). The number of methoxy groups -OCH3 is 1. The van der Waals surface area contributed by atoms with Gasteiger partial charge >= 0.3 is 0 Å². The quantitative estimate of drug-likeness (QED) is 0.461. The molecule has 0 saturated carbocycles. The molecule has 2 saturated heterocycles. The minimum absolute atomic E-state index is 0.00224. The van der Waals surface area contributed by atoms with Gasteiger partial charge < -0.3 is 19.3 Å². The van der Waals surface area contributed by atoms with Crippen LogP contribution in [0.4, 0.5) is 11.5 Å². The topological polar surface area (TPSA) is 132 Å². The summed E-state index contributed by atoms with van der Waals surface area (Å²) in [7, 11) is -2.06. The normalized spacial score (nSPS) is 17.3. The van der Waals surface area contributed by atoms with Crippen molar-refractivity contribution in [2.75, 3.05) is 62.6 Å². The van der Waals surface area contributed by atoms with Crippen LogP contribution in [0.1, 0.15) is 48.8 Å². The molecule has 0 bridgehead atoms. The summed E-state index contributed by atoms with van der Waals surface area (Å²) in [5.41, 5.74) is 2.08. The molecule has 0 aliphatic carbocycles. The Balaban J connectivity index is 1.68. The molecule has 39 heavy (non-hydrogen) atoms. The van der Waals surface area contributed by atoms with E-state index >= 15 is 0 Å². The number of aromatic nitrogens is 4. The van der Waals surface area contributed by atoms with Crippen LogP contribution in [0.3, 0.4) is 0 Å². The van der Waals surface area contributed by atoms with Gasteiger partial charge in [-0.3, -0.25) is 4.79 Å². The predicted octanol–water partition coefficient (Wildman–Crippen LogP) is 2.08. The van der Waals surface area contributed by atoms with Crippen LogP contribution in [0, 0.1) is 0 Å². The van der Waals surface area contributed by atoms with Gasteiger partial charge in [-0.05, 0) is 37.0 Å². The van der Waals surface area contributed by atoms with E-state index in [1.807, 2.05) is 18.2 Å². The van der Waals surface area contributed by atoms with Crippen molar-refractivity contribution in [3.63, 3.8) is 0 Å². The van der Waals surface area contributed by atoms with Gasteiger partial charge in [-0.25, -0.2) is 23.1 Å². The van der Waals surface area contributed by atoms with Crippen molar-refractivity contribution in [1.82, 2.24) is 24.5 Å². The number of hydrogen-bond donors (Lipinski definition) is 1. The van der Waals surface area contributed by atoms with Gasteiger partial charge in [0.15, 0.2) is 11.5 Å². The molecular weight excluding hydrogens is 522 g/mol. The van der Waals surface area contributed by atoms with E-state index in [1.54, 1.807) is 17.9 Å². The Kier molecular flexibility index (Phi) is 7.74. The molecule has 0 radical (unpaired) electrons. The number of carbonyl (C=O) groups excluding carboxylic acids is 1. The van der Waals surface area contributed by atoms with Crippen molar-refractivity contribution >= 4 is 38.5 Å². The largest absolute Gasteiger partial charge is 0.381 e. The number of nitrogens with one attached hydrogen (secondary N) is 1. The number of rotatable bonds is 7. The van der Waals surface area contributed by atoms with Gasteiger partial charge in [-0.2, -0.15) is 9.78 Å². The SMILES string of the molecule is COC1CCN(c2cc(C(=O)NS(C)(=O)=O)nc3c2c(C(C)C)nn3-c2cccc(N3CCOCC3)n2)CC1. The Labute approximate surface area is 228 Å². The summed E-state index contributed by atoms with van der Waals surface area (Å²) in [5, 5.41) is 5.78. The second kappa shape index (κ2) is 11.1. The third kappa shape index (κ3) is 5.85. The number of anilines is 2. The van der Waals surface area contributed by atoms with Crippen molar-refractivity contribution < 1.29 is 22.7 Å². The summed E-state index contributed by atoms with van der Waals surface area (Å²) in [5.74, 6) is 0.636. The molecule has 1 amide bonds. The van der Waals surface area contributed by atoms with Gasteiger partial charge in [0.05, 0.1) is 42.3 Å². The zero-order valence-electron chi connectivity index (χ0n) is 22.8. The fourth-order valence-electron chi connectivity index (χ4n) is 5.10. The number of carbonyl (C=O) groups is 1. The number of fused-ring (bicyclic) bond motifs is 1. The lowest BCUT2D eigenvalue weighted by molar-refractivity contribution is 0.0819. The molecular formula is C26H35N7O5S. The van der Waals surface area contributed by atoms with E-state index in [9.17, 15) is 13.2 Å². The Morgan fingerprint density at radius 3 is 2.41 bits per heavy atom. The average molecular weight is 558 g/mol. The molecule has 0 aromatic carbocycles. The fourth-order valence-corrected chi connectivity index (χ4v) is 5.55. The van der Waals surface area contributed by atoms with Crippen molar-refractivity contribution in [2.45, 2.75) is 38.7 Å². The molecule has 0 spiro atoms. The van der Waals surface area contributed by atoms with Crippen LogP contribution in [0.5, 0.6) is 0 Å². The lowest BCUT2D eigenvalue weighted by atomic mass is 10.0. The zero-order chi connectivity index (χ0) is 27.7. The lowest BCUT2D eigenvalue weighted by Crippen LogP contribution is -2.37. The highest BCUT2D eigenvalue weighted by atomic mass is 32.2. The van der Waals surface area contributed by atoms with Crippen LogP contribution in [-0.4, -0.2) is 92.9 Å². The van der Waals surface area contributed by atoms with Crippen LogP contribution in [-0.2, 0) is 19.5 Å². The van der Waals surface area contributed by atoms with E-state index in [2.05, 4.69) is 33.4 Å². The molecule has 0 unspecified atom stereocenters. The van der Waals surface area contributed by atoms with Crippen molar-refractivity contribution in [2.24, 2.45) is 0 Å². The highest BCUT2D eigenvalue weighted by molar-refractivity contribution is 7.89. The highest BCUT2D eigenvalue weighted by Crippen LogP contribution is 2.36. The van der Waals surface area contributed by atoms with Crippen molar-refractivity contribution in [3.05, 3.63) is 35.7 Å². The zero-order valence-corrected chi connectivity index (χ0v) is 23.6. The standard InChI is InChI=1S/C26H35N7O5S/c1-17(2)24-23-20(31-10-8-18(37-3)9-11-31)16-19(26(34)30-39(4,35)36)27-25(23)33(29-24)22-7-5-6-21(28-22)32-12-14-38-15-13-32/h5-7,16-18H,8-15H2,1-4H3,(H,30,34). The molecule has 5 heterocycles. The van der Waals surface area contributed by atoms with Crippen LogP contribution in [0.2, 0.25) is 0 Å². The third-order valence-corrected chi connectivity index (χ3v) is 7.65. The molecule has 2 aliphatic heterocycles. The third-order valence-electron chi connectivity index (χ3n) is 7.09. The van der Waals surface area contributed by atoms with Crippen molar-refractivity contribution in [3.8, 4) is 5.82 Å². The Bertz CT molecular complexity index is 1460. The predicted molar refractivity (Wildman–Crippen MR) is 148 cm³/mol. The molecule has 2 fully saturated rings. The van der Waals surface area contributed by atoms with E-state index < -0.39 is 15.9 Å². The van der Waals surface area contributed by atoms with Crippen LogP contribution in [0.25, 0.3) is 16.9 Å². The minimum Gasteiger partial charge on any atom is -0.381 e. The summed E-state index contributed by atoms with van der Waals surface area (Å²) in [6, 6.07) is 7.40. The van der Waals surface area contributed by atoms with E-state index in [-0.39, 0.29) is 17.7 Å². The number of amides is 1. The number of ether oxygens (including phenoxy) is 2. The van der Waals surface area contributed by atoms with Gasteiger partial charge in [-0.1, -0.05) is 19.9 Å². The second-order valence-corrected chi connectivity index (χ2v) is 12.0. The Hall–Kier alpha value is -3.29. The number of nitrogens with zero attached hydrogens (tertiary/aromatic N) is 6. The lowest BCUT2D eigenvalue weighted by Gasteiger charge is -2.33. The molecule has 2 aliphatic rings. The monoisotopic (exact) mass is 557 g/mol. The van der Waals surface area contributed by atoms with Gasteiger partial charge in [0.25, 0.3) is 5.91 Å². The summed E-state index contributed by atoms with van der Waals surface area (Å²) in [6.07, 6.45) is 2.78. The molecule has 13 heteroatoms. The van der Waals surface area contributed by atoms with Gasteiger partial charge in [0.2, 0.25) is 10.0 Å². The van der Waals surface area contributed by atoms with Gasteiger partial charge in [-0.15, -0.1) is 0 Å². The van der Waals surface area contributed by atoms with Gasteiger partial charge in [0.1, 0.15) is 11.5 Å². The van der Waals surface area contributed by atoms with Crippen LogP contribution < -0.4 is 14.5 Å². The molecule has 210 valence electrons. The molecule has 1 N–H and O–H groups in total. The maximum atomic E-state index is 13.0. The first-order chi connectivity index (χ1) is 18.6. The van der Waals surface area contributed by atoms with E-state index in [4.69, 9.17) is 19.6 Å². The summed E-state index contributed by atoms with van der Waals surface area (Å²) in [6.45, 7) is 8.32. The van der Waals surface area contributed by atoms with Crippen LogP contribution >= 0.6 is 0 Å². The number of sulfonamides is 1. The molecule has 3 aromatic rings. The van der Waals surface area contributed by atoms with Crippen LogP contribution in [0.15, 0.2) is 24.3 Å². The average Bonchev–Trinajstić information content (AvgIpc) is 3.32. The molecule has 3 aromatic heterocycles. The Morgan fingerprint density at radius 1 is 1.08 bits per heavy atom. The summed E-state index contributed by atoms with van der Waals surface area (Å²) < 4.78 is 38.5. The van der Waals surface area contributed by atoms with E-state index in [0.29, 0.717) is 24.7 Å². The first kappa shape index (κ1) is 27.3. The second-order valence-electron chi connectivity index (χ2n) is 10.3. The number of hydrogen-bond acceptors (Lipinski definition) is 10. The minimum atomic E-state index is -3.78.